The number of rotatable bonds is 7. The molecule has 0 atom stereocenters. The van der Waals surface area contributed by atoms with E-state index in [-0.39, 0.29) is 25.0 Å². The zero-order valence-corrected chi connectivity index (χ0v) is 16.1. The molecule has 4 aromatic rings. The van der Waals surface area contributed by atoms with E-state index in [1.165, 1.54) is 0 Å². The maximum Gasteiger partial charge on any atom is 0.262 e. The summed E-state index contributed by atoms with van der Waals surface area (Å²) >= 11 is 0. The highest BCUT2D eigenvalue weighted by Crippen LogP contribution is 2.21. The molecule has 0 fully saturated rings. The monoisotopic (exact) mass is 400 g/mol. The van der Waals surface area contributed by atoms with Crippen LogP contribution in [0, 0.1) is 0 Å². The number of furan rings is 1. The van der Waals surface area contributed by atoms with Crippen LogP contribution in [0.4, 0.5) is 5.69 Å². The van der Waals surface area contributed by atoms with Gasteiger partial charge >= 0.3 is 0 Å². The Labute approximate surface area is 173 Å². The van der Waals surface area contributed by atoms with Gasteiger partial charge in [-0.25, -0.2) is 0 Å². The molecule has 0 aliphatic rings. The van der Waals surface area contributed by atoms with E-state index in [0.29, 0.717) is 22.8 Å². The molecule has 150 valence electrons. The molecule has 0 spiro atoms. The highest BCUT2D eigenvalue weighted by Gasteiger charge is 2.14. The third-order valence-corrected chi connectivity index (χ3v) is 4.54. The fraction of sp³-hybridized carbons (Fsp3) is 0.0833. The molecule has 1 heterocycles. The molecule has 0 aliphatic carbocycles. The molecule has 0 saturated carbocycles. The number of anilines is 1. The Morgan fingerprint density at radius 1 is 0.867 bits per heavy atom. The van der Waals surface area contributed by atoms with Gasteiger partial charge in [0.25, 0.3) is 11.8 Å². The van der Waals surface area contributed by atoms with E-state index in [0.717, 1.165) is 10.8 Å². The van der Waals surface area contributed by atoms with Gasteiger partial charge in [0.1, 0.15) is 11.5 Å². The maximum atomic E-state index is 12.5. The van der Waals surface area contributed by atoms with Crippen LogP contribution in [0.2, 0.25) is 0 Å². The summed E-state index contributed by atoms with van der Waals surface area (Å²) in [7, 11) is 0. The van der Waals surface area contributed by atoms with Crippen molar-refractivity contribution in [3.8, 4) is 5.75 Å². The number of nitrogens with one attached hydrogen (secondary N) is 2. The number of benzene rings is 3. The van der Waals surface area contributed by atoms with Crippen molar-refractivity contribution in [2.24, 2.45) is 0 Å². The van der Waals surface area contributed by atoms with Crippen LogP contribution in [0.5, 0.6) is 5.75 Å². The van der Waals surface area contributed by atoms with Crippen molar-refractivity contribution in [3.63, 3.8) is 0 Å². The highest BCUT2D eigenvalue weighted by atomic mass is 16.5. The summed E-state index contributed by atoms with van der Waals surface area (Å²) in [6.07, 6.45) is 1.55. The first-order chi connectivity index (χ1) is 14.7. The lowest BCUT2D eigenvalue weighted by Gasteiger charge is -2.12. The first-order valence-corrected chi connectivity index (χ1v) is 9.50. The molecule has 30 heavy (non-hydrogen) atoms. The molecule has 0 bridgehead atoms. The number of para-hydroxylation sites is 1. The van der Waals surface area contributed by atoms with E-state index in [4.69, 9.17) is 9.15 Å². The Morgan fingerprint density at radius 3 is 2.50 bits per heavy atom. The van der Waals surface area contributed by atoms with E-state index in [9.17, 15) is 9.59 Å². The normalized spacial score (nSPS) is 10.5. The molecule has 0 aliphatic heterocycles. The number of carbonyl (C=O) groups is 2. The van der Waals surface area contributed by atoms with Crippen LogP contribution < -0.4 is 15.4 Å². The number of hydrogen-bond donors (Lipinski definition) is 2. The van der Waals surface area contributed by atoms with Crippen LogP contribution in [-0.2, 0) is 11.3 Å². The first kappa shape index (κ1) is 19.3. The SMILES string of the molecule is O=C(COc1ccc2ccccc2c1)Nc1ccccc1C(=O)NCc1ccco1. The zero-order chi connectivity index (χ0) is 20.8. The second-order valence-corrected chi connectivity index (χ2v) is 6.65. The predicted octanol–water partition coefficient (Wildman–Crippen LogP) is 4.38. The Bertz CT molecular complexity index is 1170. The minimum Gasteiger partial charge on any atom is -0.484 e. The largest absolute Gasteiger partial charge is 0.484 e. The lowest BCUT2D eigenvalue weighted by atomic mass is 10.1. The van der Waals surface area contributed by atoms with Crippen molar-refractivity contribution in [1.82, 2.24) is 5.32 Å². The van der Waals surface area contributed by atoms with Crippen LogP contribution in [0.1, 0.15) is 16.1 Å². The Morgan fingerprint density at radius 2 is 1.67 bits per heavy atom. The number of fused-ring (bicyclic) bond motifs is 1. The Kier molecular flexibility index (Phi) is 5.75. The number of hydrogen-bond acceptors (Lipinski definition) is 4. The molecule has 2 N–H and O–H groups in total. The quantitative estimate of drug-likeness (QED) is 0.482. The molecule has 2 amide bonds. The van der Waals surface area contributed by atoms with E-state index in [2.05, 4.69) is 10.6 Å². The Balaban J connectivity index is 1.37. The maximum absolute atomic E-state index is 12.5. The van der Waals surface area contributed by atoms with Gasteiger partial charge in [-0.05, 0) is 47.2 Å². The molecule has 0 radical (unpaired) electrons. The highest BCUT2D eigenvalue weighted by molar-refractivity contribution is 6.04. The van der Waals surface area contributed by atoms with Crippen molar-refractivity contribution < 1.29 is 18.7 Å². The second kappa shape index (κ2) is 8.96. The number of amides is 2. The molecule has 0 unspecified atom stereocenters. The van der Waals surface area contributed by atoms with E-state index >= 15 is 0 Å². The van der Waals surface area contributed by atoms with Gasteiger partial charge in [0, 0.05) is 0 Å². The van der Waals surface area contributed by atoms with E-state index in [1.54, 1.807) is 42.7 Å². The zero-order valence-electron chi connectivity index (χ0n) is 16.1. The molecule has 1 aromatic heterocycles. The average molecular weight is 400 g/mol. The van der Waals surface area contributed by atoms with Gasteiger partial charge in [-0.15, -0.1) is 0 Å². The number of ether oxygens (including phenoxy) is 1. The van der Waals surface area contributed by atoms with Gasteiger partial charge in [0.15, 0.2) is 6.61 Å². The van der Waals surface area contributed by atoms with Gasteiger partial charge in [-0.1, -0.05) is 42.5 Å². The summed E-state index contributed by atoms with van der Waals surface area (Å²) in [6, 6.07) is 23.9. The van der Waals surface area contributed by atoms with Gasteiger partial charge < -0.3 is 19.8 Å². The molecular weight excluding hydrogens is 380 g/mol. The van der Waals surface area contributed by atoms with Gasteiger partial charge in [-0.2, -0.15) is 0 Å². The second-order valence-electron chi connectivity index (χ2n) is 6.65. The summed E-state index contributed by atoms with van der Waals surface area (Å²) in [5.41, 5.74) is 0.782. The van der Waals surface area contributed by atoms with Gasteiger partial charge in [-0.3, -0.25) is 9.59 Å². The van der Waals surface area contributed by atoms with Gasteiger partial charge in [0.05, 0.1) is 24.1 Å². The lowest BCUT2D eigenvalue weighted by molar-refractivity contribution is -0.118. The van der Waals surface area contributed by atoms with Crippen molar-refractivity contribution in [2.45, 2.75) is 6.54 Å². The van der Waals surface area contributed by atoms with Crippen LogP contribution in [0.25, 0.3) is 10.8 Å². The molecule has 3 aromatic carbocycles. The summed E-state index contributed by atoms with van der Waals surface area (Å²) in [5.74, 6) is 0.592. The Hall–Kier alpha value is -4.06. The van der Waals surface area contributed by atoms with E-state index < -0.39 is 0 Å². The summed E-state index contributed by atoms with van der Waals surface area (Å²) in [6.45, 7) is 0.0971. The van der Waals surface area contributed by atoms with Crippen LogP contribution in [0.15, 0.2) is 89.5 Å². The van der Waals surface area contributed by atoms with Crippen molar-refractivity contribution >= 4 is 28.3 Å². The van der Waals surface area contributed by atoms with Crippen molar-refractivity contribution in [2.75, 3.05) is 11.9 Å². The fourth-order valence-corrected chi connectivity index (χ4v) is 3.06. The van der Waals surface area contributed by atoms with Crippen LogP contribution in [-0.4, -0.2) is 18.4 Å². The topological polar surface area (TPSA) is 80.6 Å². The standard InChI is InChI=1S/C24H20N2O4/c27-23(16-30-19-12-11-17-6-1-2-7-18(17)14-19)26-22-10-4-3-9-21(22)24(28)25-15-20-8-5-13-29-20/h1-14H,15-16H2,(H,25,28)(H,26,27). The summed E-state index contributed by atoms with van der Waals surface area (Å²) in [5, 5.41) is 7.66. The summed E-state index contributed by atoms with van der Waals surface area (Å²) < 4.78 is 10.8. The lowest BCUT2D eigenvalue weighted by Crippen LogP contribution is -2.26. The minimum absolute atomic E-state index is 0.166. The minimum atomic E-state index is -0.352. The summed E-state index contributed by atoms with van der Waals surface area (Å²) in [4.78, 5) is 24.9. The molecule has 6 nitrogen and oxygen atoms in total. The third kappa shape index (κ3) is 4.67. The molecule has 0 saturated heterocycles. The molecular formula is C24H20N2O4. The third-order valence-electron chi connectivity index (χ3n) is 4.54. The smallest absolute Gasteiger partial charge is 0.262 e. The average Bonchev–Trinajstić information content (AvgIpc) is 3.30. The molecule has 6 heteroatoms. The van der Waals surface area contributed by atoms with E-state index in [1.807, 2.05) is 42.5 Å². The van der Waals surface area contributed by atoms with Crippen LogP contribution >= 0.6 is 0 Å². The van der Waals surface area contributed by atoms with Crippen molar-refractivity contribution in [1.29, 1.82) is 0 Å². The van der Waals surface area contributed by atoms with Crippen molar-refractivity contribution in [3.05, 3.63) is 96.4 Å². The fourth-order valence-electron chi connectivity index (χ4n) is 3.06. The first-order valence-electron chi connectivity index (χ1n) is 9.50. The van der Waals surface area contributed by atoms with Gasteiger partial charge in [0.2, 0.25) is 0 Å². The van der Waals surface area contributed by atoms with Crippen LogP contribution in [0.3, 0.4) is 0 Å². The number of carbonyl (C=O) groups excluding carboxylic acids is 2. The molecule has 4 rings (SSSR count). The predicted molar refractivity (Wildman–Crippen MR) is 114 cm³/mol.